The molecule has 1 heterocycles. The SMILES string of the molecule is CCCCCCN1CCC(CCCCC=O)C1. The van der Waals surface area contributed by atoms with E-state index in [1.54, 1.807) is 0 Å². The molecule has 0 N–H and O–H groups in total. The number of likely N-dealkylation sites (tertiary alicyclic amines) is 1. The van der Waals surface area contributed by atoms with Crippen molar-refractivity contribution < 1.29 is 4.79 Å². The zero-order chi connectivity index (χ0) is 12.3. The van der Waals surface area contributed by atoms with Crippen molar-refractivity contribution in [2.75, 3.05) is 19.6 Å². The van der Waals surface area contributed by atoms with Crippen LogP contribution in [0.1, 0.15) is 64.7 Å². The molecule has 100 valence electrons. The minimum atomic E-state index is 0.757. The van der Waals surface area contributed by atoms with Crippen LogP contribution in [0, 0.1) is 5.92 Å². The van der Waals surface area contributed by atoms with Crippen molar-refractivity contribution in [2.24, 2.45) is 5.92 Å². The third-order valence-electron chi connectivity index (χ3n) is 3.88. The van der Waals surface area contributed by atoms with E-state index in [9.17, 15) is 4.79 Å². The molecule has 0 aliphatic carbocycles. The number of hydrogen-bond acceptors (Lipinski definition) is 2. The van der Waals surface area contributed by atoms with Crippen molar-refractivity contribution in [2.45, 2.75) is 64.7 Å². The van der Waals surface area contributed by atoms with Gasteiger partial charge in [0.2, 0.25) is 0 Å². The molecule has 0 aromatic heterocycles. The van der Waals surface area contributed by atoms with Crippen LogP contribution >= 0.6 is 0 Å². The first-order valence-corrected chi connectivity index (χ1v) is 7.52. The fraction of sp³-hybridized carbons (Fsp3) is 0.933. The Hall–Kier alpha value is -0.370. The predicted octanol–water partition coefficient (Wildman–Crippen LogP) is 3.65. The molecule has 1 aliphatic heterocycles. The number of carbonyl (C=O) groups is 1. The van der Waals surface area contributed by atoms with Gasteiger partial charge in [0, 0.05) is 13.0 Å². The van der Waals surface area contributed by atoms with Gasteiger partial charge in [0.1, 0.15) is 6.29 Å². The van der Waals surface area contributed by atoms with Gasteiger partial charge in [0.25, 0.3) is 0 Å². The lowest BCUT2D eigenvalue weighted by Crippen LogP contribution is -2.21. The Labute approximate surface area is 107 Å². The van der Waals surface area contributed by atoms with Crippen LogP contribution < -0.4 is 0 Å². The van der Waals surface area contributed by atoms with Crippen LogP contribution in [0.25, 0.3) is 0 Å². The van der Waals surface area contributed by atoms with Gasteiger partial charge in [-0.15, -0.1) is 0 Å². The molecule has 0 radical (unpaired) electrons. The van der Waals surface area contributed by atoms with Crippen molar-refractivity contribution in [3.05, 3.63) is 0 Å². The second-order valence-corrected chi connectivity index (χ2v) is 5.47. The smallest absolute Gasteiger partial charge is 0.119 e. The average molecular weight is 239 g/mol. The molecule has 1 fully saturated rings. The molecule has 1 saturated heterocycles. The van der Waals surface area contributed by atoms with Crippen molar-refractivity contribution in [1.29, 1.82) is 0 Å². The second-order valence-electron chi connectivity index (χ2n) is 5.47. The normalized spacial score (nSPS) is 20.9. The van der Waals surface area contributed by atoms with Gasteiger partial charge >= 0.3 is 0 Å². The molecule has 1 atom stereocenters. The van der Waals surface area contributed by atoms with E-state index in [0.29, 0.717) is 0 Å². The summed E-state index contributed by atoms with van der Waals surface area (Å²) in [5.74, 6) is 0.910. The van der Waals surface area contributed by atoms with E-state index in [-0.39, 0.29) is 0 Å². The zero-order valence-electron chi connectivity index (χ0n) is 11.5. The lowest BCUT2D eigenvalue weighted by Gasteiger charge is -2.15. The van der Waals surface area contributed by atoms with E-state index in [1.807, 2.05) is 0 Å². The molecule has 0 amide bonds. The van der Waals surface area contributed by atoms with Crippen molar-refractivity contribution in [3.63, 3.8) is 0 Å². The molecule has 0 spiro atoms. The molecule has 2 heteroatoms. The Balaban J connectivity index is 1.96. The minimum absolute atomic E-state index is 0.757. The topological polar surface area (TPSA) is 20.3 Å². The Morgan fingerprint density at radius 3 is 2.82 bits per heavy atom. The number of aldehydes is 1. The van der Waals surface area contributed by atoms with Gasteiger partial charge in [-0.05, 0) is 44.7 Å². The second kappa shape index (κ2) is 9.64. The maximum absolute atomic E-state index is 10.2. The van der Waals surface area contributed by atoms with Crippen LogP contribution in [0.2, 0.25) is 0 Å². The molecule has 1 aliphatic rings. The summed E-state index contributed by atoms with van der Waals surface area (Å²) in [6, 6.07) is 0. The molecule has 0 bridgehead atoms. The van der Waals surface area contributed by atoms with Gasteiger partial charge in [0.05, 0.1) is 0 Å². The highest BCUT2D eigenvalue weighted by molar-refractivity contribution is 5.48. The third kappa shape index (κ3) is 6.82. The van der Waals surface area contributed by atoms with Crippen LogP contribution in [0.5, 0.6) is 0 Å². The first-order valence-electron chi connectivity index (χ1n) is 7.52. The first-order chi connectivity index (χ1) is 8.36. The Morgan fingerprint density at radius 2 is 2.06 bits per heavy atom. The molecule has 0 aromatic rings. The van der Waals surface area contributed by atoms with E-state index < -0.39 is 0 Å². The van der Waals surface area contributed by atoms with E-state index in [2.05, 4.69) is 11.8 Å². The molecular formula is C15H29NO. The summed E-state index contributed by atoms with van der Waals surface area (Å²) >= 11 is 0. The van der Waals surface area contributed by atoms with Crippen molar-refractivity contribution in [1.82, 2.24) is 4.90 Å². The monoisotopic (exact) mass is 239 g/mol. The van der Waals surface area contributed by atoms with E-state index in [4.69, 9.17) is 0 Å². The zero-order valence-corrected chi connectivity index (χ0v) is 11.5. The molecule has 2 nitrogen and oxygen atoms in total. The molecule has 17 heavy (non-hydrogen) atoms. The average Bonchev–Trinajstić information content (AvgIpc) is 2.78. The highest BCUT2D eigenvalue weighted by Crippen LogP contribution is 2.22. The number of unbranched alkanes of at least 4 members (excludes halogenated alkanes) is 5. The summed E-state index contributed by atoms with van der Waals surface area (Å²) in [6.07, 6.45) is 12.4. The maximum atomic E-state index is 10.2. The summed E-state index contributed by atoms with van der Waals surface area (Å²) < 4.78 is 0. The highest BCUT2D eigenvalue weighted by atomic mass is 16.1. The molecule has 0 saturated carbocycles. The number of hydrogen-bond donors (Lipinski definition) is 0. The standard InChI is InChI=1S/C15H29NO/c1-2-3-4-7-11-16-12-10-15(14-16)9-6-5-8-13-17/h13,15H,2-12,14H2,1H3. The summed E-state index contributed by atoms with van der Waals surface area (Å²) in [5, 5.41) is 0. The Bertz CT molecular complexity index is 193. The van der Waals surface area contributed by atoms with Crippen molar-refractivity contribution in [3.8, 4) is 0 Å². The van der Waals surface area contributed by atoms with Crippen molar-refractivity contribution >= 4 is 6.29 Å². The van der Waals surface area contributed by atoms with Crippen LogP contribution in [0.4, 0.5) is 0 Å². The summed E-state index contributed by atoms with van der Waals surface area (Å²) in [6.45, 7) is 6.20. The van der Waals surface area contributed by atoms with E-state index in [0.717, 1.165) is 25.0 Å². The lowest BCUT2D eigenvalue weighted by molar-refractivity contribution is -0.107. The van der Waals surface area contributed by atoms with Gasteiger partial charge in [-0.1, -0.05) is 32.6 Å². The number of nitrogens with zero attached hydrogens (tertiary/aromatic N) is 1. The first kappa shape index (κ1) is 14.7. The maximum Gasteiger partial charge on any atom is 0.119 e. The quantitative estimate of drug-likeness (QED) is 0.428. The van der Waals surface area contributed by atoms with Gasteiger partial charge in [0.15, 0.2) is 0 Å². The lowest BCUT2D eigenvalue weighted by atomic mass is 10.0. The molecule has 0 aromatic carbocycles. The van der Waals surface area contributed by atoms with Gasteiger partial charge < -0.3 is 9.69 Å². The highest BCUT2D eigenvalue weighted by Gasteiger charge is 2.21. The molecular weight excluding hydrogens is 210 g/mol. The fourth-order valence-electron chi connectivity index (χ4n) is 2.77. The largest absolute Gasteiger partial charge is 0.303 e. The van der Waals surface area contributed by atoms with Crippen LogP contribution in [0.3, 0.4) is 0 Å². The predicted molar refractivity (Wildman–Crippen MR) is 73.2 cm³/mol. The molecule has 1 rings (SSSR count). The van der Waals surface area contributed by atoms with Gasteiger partial charge in [-0.3, -0.25) is 0 Å². The number of carbonyl (C=O) groups excluding carboxylic acids is 1. The van der Waals surface area contributed by atoms with Crippen LogP contribution in [0.15, 0.2) is 0 Å². The van der Waals surface area contributed by atoms with E-state index in [1.165, 1.54) is 64.6 Å². The number of rotatable bonds is 10. The Morgan fingerprint density at radius 1 is 1.18 bits per heavy atom. The van der Waals surface area contributed by atoms with Crippen LogP contribution in [-0.2, 0) is 4.79 Å². The summed E-state index contributed by atoms with van der Waals surface area (Å²) in [7, 11) is 0. The Kier molecular flexibility index (Phi) is 8.33. The van der Waals surface area contributed by atoms with Gasteiger partial charge in [-0.25, -0.2) is 0 Å². The molecule has 1 unspecified atom stereocenters. The third-order valence-corrected chi connectivity index (χ3v) is 3.88. The van der Waals surface area contributed by atoms with E-state index >= 15 is 0 Å². The van der Waals surface area contributed by atoms with Crippen LogP contribution in [-0.4, -0.2) is 30.8 Å². The minimum Gasteiger partial charge on any atom is -0.303 e. The fourth-order valence-corrected chi connectivity index (χ4v) is 2.77. The van der Waals surface area contributed by atoms with Gasteiger partial charge in [-0.2, -0.15) is 0 Å². The summed E-state index contributed by atoms with van der Waals surface area (Å²) in [5.41, 5.74) is 0. The summed E-state index contributed by atoms with van der Waals surface area (Å²) in [4.78, 5) is 12.9.